The number of hydrogen-bond acceptors (Lipinski definition) is 3. The van der Waals surface area contributed by atoms with Crippen molar-refractivity contribution in [3.05, 3.63) is 0 Å². The maximum atomic E-state index is 12.1. The number of carboxylic acids is 1. The Morgan fingerprint density at radius 2 is 1.83 bits per heavy atom. The molecule has 6 nitrogen and oxygen atoms in total. The van der Waals surface area contributed by atoms with Gasteiger partial charge in [0.15, 0.2) is 0 Å². The van der Waals surface area contributed by atoms with E-state index < -0.39 is 5.97 Å². The average molecular weight is 339 g/mol. The lowest BCUT2D eigenvalue weighted by Gasteiger charge is -2.42. The molecule has 0 unspecified atom stereocenters. The van der Waals surface area contributed by atoms with Crippen LogP contribution in [0.15, 0.2) is 0 Å². The van der Waals surface area contributed by atoms with Crippen LogP contribution in [0, 0.1) is 5.41 Å². The molecule has 0 bridgehead atoms. The number of carboxylic acid groups (broad SMARTS) is 1. The van der Waals surface area contributed by atoms with Crippen LogP contribution in [0.4, 0.5) is 4.79 Å². The van der Waals surface area contributed by atoms with E-state index in [9.17, 15) is 9.59 Å². The summed E-state index contributed by atoms with van der Waals surface area (Å²) in [7, 11) is 0. The Hall–Kier alpha value is -1.30. The van der Waals surface area contributed by atoms with Gasteiger partial charge in [-0.2, -0.15) is 0 Å². The minimum absolute atomic E-state index is 0.0712. The highest BCUT2D eigenvalue weighted by Gasteiger charge is 2.35. The van der Waals surface area contributed by atoms with Crippen molar-refractivity contribution in [2.24, 2.45) is 5.41 Å². The van der Waals surface area contributed by atoms with E-state index >= 15 is 0 Å². The fourth-order valence-electron chi connectivity index (χ4n) is 4.14. The second-order valence-corrected chi connectivity index (χ2v) is 7.52. The predicted octanol–water partition coefficient (Wildman–Crippen LogP) is 2.58. The summed E-state index contributed by atoms with van der Waals surface area (Å²) >= 11 is 0. The first-order chi connectivity index (χ1) is 11.5. The van der Waals surface area contributed by atoms with Crippen molar-refractivity contribution in [2.75, 3.05) is 19.6 Å². The van der Waals surface area contributed by atoms with E-state index in [1.807, 2.05) is 11.8 Å². The van der Waals surface area contributed by atoms with Crippen LogP contribution in [-0.2, 0) is 4.79 Å². The number of nitrogens with one attached hydrogen (secondary N) is 2. The third-order valence-corrected chi connectivity index (χ3v) is 6.00. The summed E-state index contributed by atoms with van der Waals surface area (Å²) in [5, 5.41) is 15.0. The van der Waals surface area contributed by atoms with Gasteiger partial charge in [-0.05, 0) is 44.1 Å². The second kappa shape index (κ2) is 8.70. The Labute approximate surface area is 145 Å². The first-order valence-corrected chi connectivity index (χ1v) is 9.48. The zero-order chi connectivity index (χ0) is 17.6. The Kier molecular flexibility index (Phi) is 6.90. The van der Waals surface area contributed by atoms with Crippen molar-refractivity contribution in [3.63, 3.8) is 0 Å². The molecule has 3 N–H and O–H groups in total. The highest BCUT2D eigenvalue weighted by molar-refractivity contribution is 5.74. The van der Waals surface area contributed by atoms with Crippen LogP contribution >= 0.6 is 0 Å². The predicted molar refractivity (Wildman–Crippen MR) is 94.0 cm³/mol. The van der Waals surface area contributed by atoms with Gasteiger partial charge in [-0.15, -0.1) is 0 Å². The molecule has 2 saturated carbocycles. The van der Waals surface area contributed by atoms with Gasteiger partial charge in [-0.3, -0.25) is 9.69 Å². The number of urea groups is 1. The van der Waals surface area contributed by atoms with Crippen LogP contribution in [0.25, 0.3) is 0 Å². The number of nitrogens with zero attached hydrogens (tertiary/aromatic N) is 1. The van der Waals surface area contributed by atoms with Gasteiger partial charge in [-0.1, -0.05) is 33.1 Å². The molecule has 0 saturated heterocycles. The van der Waals surface area contributed by atoms with E-state index in [1.54, 1.807) is 0 Å². The van der Waals surface area contributed by atoms with E-state index in [2.05, 4.69) is 17.6 Å². The highest BCUT2D eigenvalue weighted by atomic mass is 16.4. The molecular formula is C18H33N3O3. The smallest absolute Gasteiger partial charge is 0.317 e. The number of carbonyl (C=O) groups excluding carboxylic acids is 1. The molecule has 2 rings (SSSR count). The molecule has 0 atom stereocenters. The molecule has 0 aromatic heterocycles. The molecule has 2 fully saturated rings. The fraction of sp³-hybridized carbons (Fsp3) is 0.889. The van der Waals surface area contributed by atoms with Crippen molar-refractivity contribution < 1.29 is 14.7 Å². The summed E-state index contributed by atoms with van der Waals surface area (Å²) in [6.45, 7) is 5.79. The fourth-order valence-corrected chi connectivity index (χ4v) is 4.14. The van der Waals surface area contributed by atoms with Gasteiger partial charge in [0.05, 0.1) is 6.54 Å². The lowest BCUT2D eigenvalue weighted by molar-refractivity contribution is -0.139. The maximum absolute atomic E-state index is 12.1. The molecule has 138 valence electrons. The Bertz CT molecular complexity index is 429. The number of likely N-dealkylation sites (N-methyl/N-ethyl adjacent to an activating group) is 1. The molecule has 2 aliphatic carbocycles. The zero-order valence-electron chi connectivity index (χ0n) is 15.1. The van der Waals surface area contributed by atoms with Crippen molar-refractivity contribution in [2.45, 2.75) is 77.3 Å². The molecule has 0 aromatic rings. The van der Waals surface area contributed by atoms with E-state index in [-0.39, 0.29) is 30.1 Å². The molecule has 0 spiro atoms. The van der Waals surface area contributed by atoms with E-state index in [0.717, 1.165) is 32.4 Å². The molecule has 0 radical (unpaired) electrons. The molecule has 6 heteroatoms. The summed E-state index contributed by atoms with van der Waals surface area (Å²) < 4.78 is 0. The van der Waals surface area contributed by atoms with E-state index in [4.69, 9.17) is 5.11 Å². The number of rotatable bonds is 8. The van der Waals surface area contributed by atoms with Gasteiger partial charge in [0.25, 0.3) is 0 Å². The van der Waals surface area contributed by atoms with Crippen LogP contribution < -0.4 is 10.6 Å². The molecule has 0 heterocycles. The maximum Gasteiger partial charge on any atom is 0.317 e. The largest absolute Gasteiger partial charge is 0.480 e. The standard InChI is InChI=1S/C18H33N3O3/c1-3-18(8-6-5-7-9-18)13-19-17(24)20-14-10-15(11-14)21(4-2)12-16(22)23/h14-15H,3-13H2,1-2H3,(H,22,23)(H2,19,20,24). The van der Waals surface area contributed by atoms with Crippen molar-refractivity contribution in [1.29, 1.82) is 0 Å². The third-order valence-electron chi connectivity index (χ3n) is 6.00. The van der Waals surface area contributed by atoms with Crippen LogP contribution in [0.5, 0.6) is 0 Å². The van der Waals surface area contributed by atoms with Crippen molar-refractivity contribution >= 4 is 12.0 Å². The zero-order valence-corrected chi connectivity index (χ0v) is 15.1. The highest BCUT2D eigenvalue weighted by Crippen LogP contribution is 2.38. The third kappa shape index (κ3) is 5.10. The van der Waals surface area contributed by atoms with Crippen LogP contribution in [0.3, 0.4) is 0 Å². The van der Waals surface area contributed by atoms with Crippen LogP contribution in [-0.4, -0.2) is 53.7 Å². The minimum Gasteiger partial charge on any atom is -0.480 e. The summed E-state index contributed by atoms with van der Waals surface area (Å²) in [6.07, 6.45) is 9.11. The van der Waals surface area contributed by atoms with Gasteiger partial charge in [0.1, 0.15) is 0 Å². The molecule has 24 heavy (non-hydrogen) atoms. The van der Waals surface area contributed by atoms with E-state index in [0.29, 0.717) is 0 Å². The number of hydrogen-bond donors (Lipinski definition) is 3. The average Bonchev–Trinajstić information content (AvgIpc) is 2.54. The molecule has 0 aromatic carbocycles. The van der Waals surface area contributed by atoms with Gasteiger partial charge in [0, 0.05) is 18.6 Å². The topological polar surface area (TPSA) is 81.7 Å². The summed E-state index contributed by atoms with van der Waals surface area (Å²) in [6, 6.07) is 0.372. The Morgan fingerprint density at radius 1 is 1.17 bits per heavy atom. The van der Waals surface area contributed by atoms with Crippen LogP contribution in [0.1, 0.15) is 65.2 Å². The first kappa shape index (κ1) is 19.0. The Balaban J connectivity index is 1.68. The monoisotopic (exact) mass is 339 g/mol. The van der Waals surface area contributed by atoms with Crippen LogP contribution in [0.2, 0.25) is 0 Å². The van der Waals surface area contributed by atoms with E-state index in [1.165, 1.54) is 32.1 Å². The summed E-state index contributed by atoms with van der Waals surface area (Å²) in [4.78, 5) is 25.0. The molecule has 0 aliphatic heterocycles. The van der Waals surface area contributed by atoms with Crippen molar-refractivity contribution in [1.82, 2.24) is 15.5 Å². The van der Waals surface area contributed by atoms with Crippen molar-refractivity contribution in [3.8, 4) is 0 Å². The van der Waals surface area contributed by atoms with Gasteiger partial charge in [-0.25, -0.2) is 4.79 Å². The molecule has 2 aliphatic rings. The lowest BCUT2D eigenvalue weighted by atomic mass is 9.72. The first-order valence-electron chi connectivity index (χ1n) is 9.48. The SMILES string of the molecule is CCN(CC(=O)O)C1CC(NC(=O)NCC2(CC)CCCCC2)C1. The number of carbonyl (C=O) groups is 2. The minimum atomic E-state index is -0.789. The lowest BCUT2D eigenvalue weighted by Crippen LogP contribution is -2.57. The summed E-state index contributed by atoms with van der Waals surface area (Å²) in [5.41, 5.74) is 0.290. The number of amides is 2. The van der Waals surface area contributed by atoms with Gasteiger partial charge in [0.2, 0.25) is 0 Å². The normalized spacial score (nSPS) is 25.8. The van der Waals surface area contributed by atoms with Gasteiger partial charge < -0.3 is 15.7 Å². The molecular weight excluding hydrogens is 306 g/mol. The Morgan fingerprint density at radius 3 is 2.38 bits per heavy atom. The number of aliphatic carboxylic acids is 1. The summed E-state index contributed by atoms with van der Waals surface area (Å²) in [5.74, 6) is -0.789. The molecule has 2 amide bonds. The second-order valence-electron chi connectivity index (χ2n) is 7.52. The quantitative estimate of drug-likeness (QED) is 0.635. The van der Waals surface area contributed by atoms with Gasteiger partial charge >= 0.3 is 12.0 Å².